The molecule has 0 radical (unpaired) electrons. The zero-order chi connectivity index (χ0) is 18.7. The van der Waals surface area contributed by atoms with Crippen LogP contribution in [-0.2, 0) is 16.6 Å². The van der Waals surface area contributed by atoms with Gasteiger partial charge in [-0.1, -0.05) is 12.1 Å². The van der Waals surface area contributed by atoms with Crippen LogP contribution in [0.2, 0.25) is 0 Å². The highest BCUT2D eigenvalue weighted by Gasteiger charge is 2.26. The van der Waals surface area contributed by atoms with Gasteiger partial charge in [0, 0.05) is 25.7 Å². The van der Waals surface area contributed by atoms with Crippen LogP contribution >= 0.6 is 0 Å². The average molecular weight is 380 g/mol. The van der Waals surface area contributed by atoms with Crippen molar-refractivity contribution in [2.24, 2.45) is 0 Å². The molecule has 0 unspecified atom stereocenters. The van der Waals surface area contributed by atoms with Gasteiger partial charge in [-0.3, -0.25) is 4.79 Å². The van der Waals surface area contributed by atoms with E-state index in [0.717, 1.165) is 25.0 Å². The van der Waals surface area contributed by atoms with E-state index >= 15 is 0 Å². The predicted octanol–water partition coefficient (Wildman–Crippen LogP) is 2.68. The summed E-state index contributed by atoms with van der Waals surface area (Å²) in [5.74, 6) is -2.36. The van der Waals surface area contributed by atoms with Gasteiger partial charge in [0.05, 0.1) is 10.5 Å². The Morgan fingerprint density at radius 1 is 1.04 bits per heavy atom. The third kappa shape index (κ3) is 3.91. The molecule has 2 aromatic carbocycles. The van der Waals surface area contributed by atoms with Gasteiger partial charge in [-0.05, 0) is 42.7 Å². The summed E-state index contributed by atoms with van der Waals surface area (Å²) in [4.78, 5) is 12.2. The number of halogens is 2. The minimum absolute atomic E-state index is 0.0969. The molecule has 0 bridgehead atoms. The molecule has 8 heteroatoms. The van der Waals surface area contributed by atoms with Crippen molar-refractivity contribution in [1.82, 2.24) is 9.62 Å². The van der Waals surface area contributed by atoms with Crippen LogP contribution in [0.15, 0.2) is 47.4 Å². The van der Waals surface area contributed by atoms with E-state index in [1.807, 2.05) is 0 Å². The summed E-state index contributed by atoms with van der Waals surface area (Å²) in [5.41, 5.74) is 0.417. The molecular formula is C18H18F2N2O3S. The molecule has 1 amide bonds. The minimum atomic E-state index is -3.48. The number of amides is 1. The van der Waals surface area contributed by atoms with E-state index in [4.69, 9.17) is 0 Å². The second kappa shape index (κ2) is 7.51. The van der Waals surface area contributed by atoms with E-state index in [2.05, 4.69) is 5.32 Å². The Bertz CT molecular complexity index is 909. The van der Waals surface area contributed by atoms with Crippen molar-refractivity contribution in [3.8, 4) is 0 Å². The molecular weight excluding hydrogens is 362 g/mol. The Hall–Kier alpha value is -2.32. The second-order valence-electron chi connectivity index (χ2n) is 6.06. The van der Waals surface area contributed by atoms with Crippen LogP contribution in [0.25, 0.3) is 0 Å². The Kier molecular flexibility index (Phi) is 5.33. The van der Waals surface area contributed by atoms with Crippen molar-refractivity contribution >= 4 is 15.9 Å². The first-order chi connectivity index (χ1) is 12.4. The zero-order valence-corrected chi connectivity index (χ0v) is 14.7. The monoisotopic (exact) mass is 380 g/mol. The van der Waals surface area contributed by atoms with Gasteiger partial charge in [-0.25, -0.2) is 17.2 Å². The topological polar surface area (TPSA) is 66.5 Å². The number of carbonyl (C=O) groups excluding carboxylic acids is 1. The standard InChI is InChI=1S/C18H18F2N2O3S/c19-14-5-8-16(17(20)11-14)18(23)21-12-13-3-6-15(7-4-13)26(24,25)22-9-1-2-10-22/h3-8,11H,1-2,9-10,12H2,(H,21,23). The third-order valence-electron chi connectivity index (χ3n) is 4.25. The van der Waals surface area contributed by atoms with Gasteiger partial charge in [0.15, 0.2) is 0 Å². The number of benzene rings is 2. The molecule has 1 N–H and O–H groups in total. The summed E-state index contributed by atoms with van der Waals surface area (Å²) < 4.78 is 52.8. The lowest BCUT2D eigenvalue weighted by atomic mass is 10.2. The lowest BCUT2D eigenvalue weighted by Gasteiger charge is -2.15. The molecule has 5 nitrogen and oxygen atoms in total. The number of hydrogen-bond acceptors (Lipinski definition) is 3. The summed E-state index contributed by atoms with van der Waals surface area (Å²) in [6, 6.07) is 8.92. The molecule has 0 saturated carbocycles. The van der Waals surface area contributed by atoms with Crippen LogP contribution in [-0.4, -0.2) is 31.7 Å². The van der Waals surface area contributed by atoms with E-state index in [-0.39, 0.29) is 17.0 Å². The fraction of sp³-hybridized carbons (Fsp3) is 0.278. The summed E-state index contributed by atoms with van der Waals surface area (Å²) >= 11 is 0. The van der Waals surface area contributed by atoms with Gasteiger partial charge in [0.25, 0.3) is 5.91 Å². The van der Waals surface area contributed by atoms with Crippen LogP contribution in [0.5, 0.6) is 0 Å². The van der Waals surface area contributed by atoms with E-state index in [1.165, 1.54) is 16.4 Å². The van der Waals surface area contributed by atoms with Crippen LogP contribution < -0.4 is 5.32 Å². The molecule has 1 aliphatic rings. The van der Waals surface area contributed by atoms with Crippen molar-refractivity contribution < 1.29 is 22.0 Å². The van der Waals surface area contributed by atoms with E-state index in [1.54, 1.807) is 12.1 Å². The van der Waals surface area contributed by atoms with E-state index < -0.39 is 27.6 Å². The third-order valence-corrected chi connectivity index (χ3v) is 6.17. The van der Waals surface area contributed by atoms with Crippen LogP contribution in [0.4, 0.5) is 8.78 Å². The van der Waals surface area contributed by atoms with E-state index in [9.17, 15) is 22.0 Å². The maximum Gasteiger partial charge on any atom is 0.254 e. The molecule has 0 aliphatic carbocycles. The van der Waals surface area contributed by atoms with Gasteiger partial charge >= 0.3 is 0 Å². The normalized spacial score (nSPS) is 15.2. The van der Waals surface area contributed by atoms with Gasteiger partial charge in [-0.2, -0.15) is 4.31 Å². The average Bonchev–Trinajstić information content (AvgIpc) is 3.15. The summed E-state index contributed by atoms with van der Waals surface area (Å²) in [6.45, 7) is 1.16. The molecule has 26 heavy (non-hydrogen) atoms. The number of nitrogens with one attached hydrogen (secondary N) is 1. The highest BCUT2D eigenvalue weighted by molar-refractivity contribution is 7.89. The van der Waals surface area contributed by atoms with Gasteiger partial charge in [0.2, 0.25) is 10.0 Å². The minimum Gasteiger partial charge on any atom is -0.348 e. The van der Waals surface area contributed by atoms with E-state index in [0.29, 0.717) is 24.7 Å². The molecule has 0 atom stereocenters. The smallest absolute Gasteiger partial charge is 0.254 e. The molecule has 0 aromatic heterocycles. The second-order valence-corrected chi connectivity index (χ2v) is 8.00. The summed E-state index contributed by atoms with van der Waals surface area (Å²) in [7, 11) is -3.48. The van der Waals surface area contributed by atoms with Gasteiger partial charge < -0.3 is 5.32 Å². The summed E-state index contributed by atoms with van der Waals surface area (Å²) in [6.07, 6.45) is 1.73. The number of rotatable bonds is 5. The number of nitrogens with zero attached hydrogens (tertiary/aromatic N) is 1. The fourth-order valence-corrected chi connectivity index (χ4v) is 4.33. The maximum atomic E-state index is 13.6. The maximum absolute atomic E-state index is 13.6. The summed E-state index contributed by atoms with van der Waals surface area (Å²) in [5, 5.41) is 2.53. The molecule has 1 saturated heterocycles. The first-order valence-electron chi connectivity index (χ1n) is 8.20. The van der Waals surface area contributed by atoms with Gasteiger partial charge in [0.1, 0.15) is 11.6 Å². The van der Waals surface area contributed by atoms with Crippen molar-refractivity contribution in [1.29, 1.82) is 0 Å². The van der Waals surface area contributed by atoms with Crippen molar-refractivity contribution in [2.75, 3.05) is 13.1 Å². The lowest BCUT2D eigenvalue weighted by molar-refractivity contribution is 0.0946. The predicted molar refractivity (Wildman–Crippen MR) is 92.0 cm³/mol. The molecule has 1 heterocycles. The van der Waals surface area contributed by atoms with Gasteiger partial charge in [-0.15, -0.1) is 0 Å². The molecule has 0 spiro atoms. The quantitative estimate of drug-likeness (QED) is 0.867. The zero-order valence-electron chi connectivity index (χ0n) is 13.9. The van der Waals surface area contributed by atoms with Crippen molar-refractivity contribution in [3.63, 3.8) is 0 Å². The number of carbonyl (C=O) groups is 1. The lowest BCUT2D eigenvalue weighted by Crippen LogP contribution is -2.28. The van der Waals surface area contributed by atoms with Crippen LogP contribution in [0.3, 0.4) is 0 Å². The molecule has 138 valence electrons. The van der Waals surface area contributed by atoms with Crippen molar-refractivity contribution in [3.05, 3.63) is 65.2 Å². The molecule has 2 aromatic rings. The molecule has 3 rings (SSSR count). The first-order valence-corrected chi connectivity index (χ1v) is 9.64. The van der Waals surface area contributed by atoms with Crippen molar-refractivity contribution in [2.45, 2.75) is 24.3 Å². The Balaban J connectivity index is 1.65. The highest BCUT2D eigenvalue weighted by atomic mass is 32.2. The number of sulfonamides is 1. The fourth-order valence-electron chi connectivity index (χ4n) is 2.81. The first kappa shape index (κ1) is 18.5. The number of hydrogen-bond donors (Lipinski definition) is 1. The highest BCUT2D eigenvalue weighted by Crippen LogP contribution is 2.21. The van der Waals surface area contributed by atoms with Crippen LogP contribution in [0.1, 0.15) is 28.8 Å². The van der Waals surface area contributed by atoms with Crippen LogP contribution in [0, 0.1) is 11.6 Å². The Morgan fingerprint density at radius 2 is 1.69 bits per heavy atom. The SMILES string of the molecule is O=C(NCc1ccc(S(=O)(=O)N2CCCC2)cc1)c1ccc(F)cc1F. The molecule has 1 aliphatic heterocycles. The Labute approximate surface area is 150 Å². The Morgan fingerprint density at radius 3 is 2.31 bits per heavy atom. The largest absolute Gasteiger partial charge is 0.348 e. The molecule has 1 fully saturated rings.